The minimum absolute atomic E-state index is 0.0669. The van der Waals surface area contributed by atoms with Crippen LogP contribution >= 0.6 is 0 Å². The maximum absolute atomic E-state index is 13.9. The average Bonchev–Trinajstić information content (AvgIpc) is 3.67. The number of nitrogens with zero attached hydrogens (tertiary/aromatic N) is 7. The van der Waals surface area contributed by atoms with Crippen LogP contribution in [0.25, 0.3) is 17.0 Å². The Labute approximate surface area is 221 Å². The molecule has 0 radical (unpaired) electrons. The van der Waals surface area contributed by atoms with Gasteiger partial charge in [-0.05, 0) is 61.2 Å². The number of hydrogen-bond donors (Lipinski definition) is 0. The SMILES string of the molecule is CN([C@@H]1CCN(c2cccc(-c3cnc4ccc(N5CCCC5c5cccc(F)c5)nn34)n2)C1)S(C)(=O)=O. The van der Waals surface area contributed by atoms with E-state index < -0.39 is 10.0 Å². The number of likely N-dealkylation sites (N-methyl/N-ethyl adjacent to an activating group) is 1. The third-order valence-electron chi connectivity index (χ3n) is 7.65. The number of sulfonamides is 1. The minimum atomic E-state index is -3.25. The van der Waals surface area contributed by atoms with Crippen molar-refractivity contribution in [3.8, 4) is 11.4 Å². The Morgan fingerprint density at radius 1 is 1.03 bits per heavy atom. The van der Waals surface area contributed by atoms with E-state index >= 15 is 0 Å². The largest absolute Gasteiger partial charge is 0.355 e. The van der Waals surface area contributed by atoms with Gasteiger partial charge in [0.2, 0.25) is 10.0 Å². The highest BCUT2D eigenvalue weighted by molar-refractivity contribution is 7.88. The molecule has 38 heavy (non-hydrogen) atoms. The zero-order valence-electron chi connectivity index (χ0n) is 21.4. The molecule has 0 amide bonds. The molecule has 0 N–H and O–H groups in total. The van der Waals surface area contributed by atoms with Crippen LogP contribution in [0.5, 0.6) is 0 Å². The first-order valence-corrected chi connectivity index (χ1v) is 14.6. The summed E-state index contributed by atoms with van der Waals surface area (Å²) >= 11 is 0. The van der Waals surface area contributed by atoms with E-state index in [2.05, 4.69) is 14.8 Å². The lowest BCUT2D eigenvalue weighted by atomic mass is 10.0. The first kappa shape index (κ1) is 24.7. The number of pyridine rings is 1. The lowest BCUT2D eigenvalue weighted by Gasteiger charge is -2.26. The topological polar surface area (TPSA) is 86.9 Å². The van der Waals surface area contributed by atoms with Gasteiger partial charge < -0.3 is 9.80 Å². The van der Waals surface area contributed by atoms with Crippen molar-refractivity contribution < 1.29 is 12.8 Å². The van der Waals surface area contributed by atoms with Gasteiger partial charge in [-0.25, -0.2) is 31.6 Å². The second-order valence-electron chi connectivity index (χ2n) is 10.1. The predicted octanol–water partition coefficient (Wildman–Crippen LogP) is 3.74. The van der Waals surface area contributed by atoms with Crippen molar-refractivity contribution in [3.63, 3.8) is 0 Å². The Kier molecular flexibility index (Phi) is 6.27. The van der Waals surface area contributed by atoms with E-state index in [1.165, 1.54) is 16.6 Å². The molecule has 0 spiro atoms. The fourth-order valence-corrected chi connectivity index (χ4v) is 6.27. The van der Waals surface area contributed by atoms with Gasteiger partial charge in [0.05, 0.1) is 24.2 Å². The fraction of sp³-hybridized carbons (Fsp3) is 0.370. The Balaban J connectivity index is 1.29. The van der Waals surface area contributed by atoms with Crippen LogP contribution in [0.15, 0.2) is 60.8 Å². The molecule has 11 heteroatoms. The Morgan fingerprint density at radius 2 is 1.87 bits per heavy atom. The third kappa shape index (κ3) is 4.60. The van der Waals surface area contributed by atoms with Crippen LogP contribution in [0.1, 0.15) is 30.9 Å². The highest BCUT2D eigenvalue weighted by Gasteiger charge is 2.31. The molecule has 2 atom stereocenters. The fourth-order valence-electron chi connectivity index (χ4n) is 5.55. The van der Waals surface area contributed by atoms with Crippen molar-refractivity contribution in [3.05, 3.63) is 72.2 Å². The van der Waals surface area contributed by atoms with Crippen molar-refractivity contribution in [2.75, 3.05) is 42.7 Å². The molecule has 3 aromatic heterocycles. The molecular formula is C27H30FN7O2S. The van der Waals surface area contributed by atoms with E-state index in [1.54, 1.807) is 25.4 Å². The van der Waals surface area contributed by atoms with Gasteiger partial charge in [-0.2, -0.15) is 0 Å². The number of benzene rings is 1. The van der Waals surface area contributed by atoms with Crippen molar-refractivity contribution in [1.29, 1.82) is 0 Å². The molecule has 5 heterocycles. The van der Waals surface area contributed by atoms with Gasteiger partial charge in [-0.1, -0.05) is 18.2 Å². The van der Waals surface area contributed by atoms with Crippen LogP contribution in [0.4, 0.5) is 16.0 Å². The number of fused-ring (bicyclic) bond motifs is 1. The summed E-state index contributed by atoms with van der Waals surface area (Å²) in [6.45, 7) is 2.16. The lowest BCUT2D eigenvalue weighted by molar-refractivity contribution is 0.393. The number of rotatable bonds is 6. The minimum Gasteiger partial charge on any atom is -0.355 e. The first-order valence-electron chi connectivity index (χ1n) is 12.8. The first-order chi connectivity index (χ1) is 18.3. The van der Waals surface area contributed by atoms with Gasteiger partial charge in [0, 0.05) is 32.7 Å². The summed E-state index contributed by atoms with van der Waals surface area (Å²) in [5.41, 5.74) is 3.18. The summed E-state index contributed by atoms with van der Waals surface area (Å²) < 4.78 is 41.2. The number of aromatic nitrogens is 4. The van der Waals surface area contributed by atoms with E-state index in [0.717, 1.165) is 60.9 Å². The Morgan fingerprint density at radius 3 is 2.68 bits per heavy atom. The van der Waals surface area contributed by atoms with Gasteiger partial charge in [0.25, 0.3) is 0 Å². The Hall–Kier alpha value is -3.57. The summed E-state index contributed by atoms with van der Waals surface area (Å²) in [4.78, 5) is 13.8. The summed E-state index contributed by atoms with van der Waals surface area (Å²) in [5.74, 6) is 1.38. The second kappa shape index (κ2) is 9.63. The number of anilines is 2. The van der Waals surface area contributed by atoms with Gasteiger partial charge in [-0.3, -0.25) is 0 Å². The highest BCUT2D eigenvalue weighted by Crippen LogP contribution is 2.36. The molecule has 2 fully saturated rings. The van der Waals surface area contributed by atoms with Gasteiger partial charge in [-0.15, -0.1) is 5.10 Å². The van der Waals surface area contributed by atoms with Crippen LogP contribution < -0.4 is 9.80 Å². The molecule has 9 nitrogen and oxygen atoms in total. The maximum Gasteiger partial charge on any atom is 0.211 e. The van der Waals surface area contributed by atoms with Crippen LogP contribution in [-0.2, 0) is 10.0 Å². The molecule has 0 saturated carbocycles. The molecule has 4 aromatic rings. The van der Waals surface area contributed by atoms with Crippen molar-refractivity contribution >= 4 is 27.3 Å². The standard InChI is InChI=1S/C27H30FN7O2S/c1-32(38(2,36)37)21-13-15-33(18-21)26-10-4-8-22(30-26)24-17-29-25-11-12-27(31-35(24)25)34-14-5-9-23(34)19-6-3-7-20(28)16-19/h3-4,6-8,10-12,16-17,21,23H,5,9,13-15,18H2,1-2H3/t21-,23?/m1/s1. The number of imidazole rings is 1. The number of hydrogen-bond acceptors (Lipinski definition) is 7. The van der Waals surface area contributed by atoms with Gasteiger partial charge in [0.15, 0.2) is 5.65 Å². The van der Waals surface area contributed by atoms with Crippen LogP contribution in [0, 0.1) is 5.82 Å². The van der Waals surface area contributed by atoms with E-state index in [-0.39, 0.29) is 17.9 Å². The zero-order chi connectivity index (χ0) is 26.4. The van der Waals surface area contributed by atoms with Crippen LogP contribution in [0.2, 0.25) is 0 Å². The van der Waals surface area contributed by atoms with E-state index in [4.69, 9.17) is 10.1 Å². The van der Waals surface area contributed by atoms with Crippen molar-refractivity contribution in [2.24, 2.45) is 0 Å². The lowest BCUT2D eigenvalue weighted by Crippen LogP contribution is -2.38. The number of halogens is 1. The summed E-state index contributed by atoms with van der Waals surface area (Å²) in [7, 11) is -1.62. The van der Waals surface area contributed by atoms with Crippen LogP contribution in [0.3, 0.4) is 0 Å². The molecule has 2 aliphatic rings. The molecule has 1 unspecified atom stereocenters. The van der Waals surface area contributed by atoms with E-state index in [9.17, 15) is 12.8 Å². The average molecular weight is 536 g/mol. The monoisotopic (exact) mass is 535 g/mol. The molecule has 0 bridgehead atoms. The molecular weight excluding hydrogens is 505 g/mol. The van der Waals surface area contributed by atoms with E-state index in [1.807, 2.05) is 40.9 Å². The summed E-state index contributed by atoms with van der Waals surface area (Å²) in [6, 6.07) is 16.5. The quantitative estimate of drug-likeness (QED) is 0.372. The molecule has 1 aromatic carbocycles. The summed E-state index contributed by atoms with van der Waals surface area (Å²) in [5, 5.41) is 4.94. The normalized spacial score (nSPS) is 20.2. The second-order valence-corrected chi connectivity index (χ2v) is 12.1. The molecule has 198 valence electrons. The van der Waals surface area contributed by atoms with Gasteiger partial charge in [0.1, 0.15) is 23.1 Å². The molecule has 6 rings (SSSR count). The maximum atomic E-state index is 13.9. The van der Waals surface area contributed by atoms with E-state index in [0.29, 0.717) is 12.2 Å². The highest BCUT2D eigenvalue weighted by atomic mass is 32.2. The summed E-state index contributed by atoms with van der Waals surface area (Å²) in [6.07, 6.45) is 5.71. The third-order valence-corrected chi connectivity index (χ3v) is 8.99. The molecule has 2 saturated heterocycles. The molecule has 2 aliphatic heterocycles. The van der Waals surface area contributed by atoms with Crippen molar-refractivity contribution in [2.45, 2.75) is 31.3 Å². The van der Waals surface area contributed by atoms with Crippen LogP contribution in [-0.4, -0.2) is 71.3 Å². The predicted molar refractivity (Wildman–Crippen MR) is 145 cm³/mol. The zero-order valence-corrected chi connectivity index (χ0v) is 22.2. The molecule has 0 aliphatic carbocycles. The van der Waals surface area contributed by atoms with Crippen molar-refractivity contribution in [1.82, 2.24) is 23.9 Å². The van der Waals surface area contributed by atoms with Gasteiger partial charge >= 0.3 is 0 Å². The Bertz CT molecular complexity index is 1590. The smallest absolute Gasteiger partial charge is 0.211 e.